The highest BCUT2D eigenvalue weighted by Crippen LogP contribution is 2.25. The van der Waals surface area contributed by atoms with Gasteiger partial charge in [-0.05, 0) is 31.4 Å². The predicted octanol–water partition coefficient (Wildman–Crippen LogP) is 3.60. The van der Waals surface area contributed by atoms with Gasteiger partial charge in [0.1, 0.15) is 5.82 Å². The fraction of sp³-hybridized carbons (Fsp3) is 0.692. The Morgan fingerprint density at radius 3 is 2.41 bits per heavy atom. The van der Waals surface area contributed by atoms with Crippen LogP contribution in [0.3, 0.4) is 0 Å². The molecule has 0 unspecified atom stereocenters. The minimum Gasteiger partial charge on any atom is -0.357 e. The van der Waals surface area contributed by atoms with Gasteiger partial charge in [0.15, 0.2) is 0 Å². The smallest absolute Gasteiger partial charge is 0.224 e. The number of aromatic nitrogens is 2. The third-order valence-corrected chi connectivity index (χ3v) is 3.72. The lowest BCUT2D eigenvalue weighted by molar-refractivity contribution is 0.548. The molecule has 0 N–H and O–H groups in total. The van der Waals surface area contributed by atoms with Crippen molar-refractivity contribution in [2.24, 2.45) is 0 Å². The third-order valence-electron chi connectivity index (χ3n) is 3.55. The molecule has 0 spiro atoms. The summed E-state index contributed by atoms with van der Waals surface area (Å²) in [4.78, 5) is 10.7. The Morgan fingerprint density at radius 2 is 1.82 bits per heavy atom. The van der Waals surface area contributed by atoms with Gasteiger partial charge >= 0.3 is 0 Å². The Hall–Kier alpha value is -0.830. The number of hydrogen-bond donors (Lipinski definition) is 0. The summed E-state index contributed by atoms with van der Waals surface area (Å²) in [6, 6.07) is 2.61. The van der Waals surface area contributed by atoms with Crippen LogP contribution in [0.1, 0.15) is 44.2 Å². The Bertz CT molecular complexity index is 353. The Kier molecular flexibility index (Phi) is 4.21. The van der Waals surface area contributed by atoms with Gasteiger partial charge in [-0.3, -0.25) is 0 Å². The minimum atomic E-state index is 0.348. The quantitative estimate of drug-likeness (QED) is 0.596. The van der Waals surface area contributed by atoms with Crippen molar-refractivity contribution in [2.45, 2.75) is 51.5 Å². The first-order chi connectivity index (χ1) is 8.16. The van der Waals surface area contributed by atoms with E-state index in [-0.39, 0.29) is 0 Å². The van der Waals surface area contributed by atoms with Gasteiger partial charge in [-0.15, -0.1) is 0 Å². The summed E-state index contributed by atoms with van der Waals surface area (Å²) in [5, 5.41) is 0.348. The van der Waals surface area contributed by atoms with Gasteiger partial charge < -0.3 is 4.90 Å². The van der Waals surface area contributed by atoms with Crippen LogP contribution in [-0.4, -0.2) is 23.1 Å². The molecule has 17 heavy (non-hydrogen) atoms. The number of nitrogens with zero attached hydrogens (tertiary/aromatic N) is 3. The van der Waals surface area contributed by atoms with E-state index in [1.54, 1.807) is 0 Å². The molecule has 1 heterocycles. The van der Waals surface area contributed by atoms with Crippen molar-refractivity contribution in [2.75, 3.05) is 11.9 Å². The van der Waals surface area contributed by atoms with Crippen LogP contribution in [0.5, 0.6) is 0 Å². The molecule has 1 aliphatic rings. The van der Waals surface area contributed by atoms with Crippen LogP contribution >= 0.6 is 11.6 Å². The zero-order valence-electron chi connectivity index (χ0n) is 10.6. The Morgan fingerprint density at radius 1 is 1.18 bits per heavy atom. The first kappa shape index (κ1) is 12.6. The normalized spacial score (nSPS) is 17.8. The molecular weight excluding hydrogens is 234 g/mol. The second-order valence-corrected chi connectivity index (χ2v) is 5.23. The van der Waals surface area contributed by atoms with E-state index in [1.807, 2.05) is 13.0 Å². The maximum Gasteiger partial charge on any atom is 0.224 e. The number of anilines is 1. The van der Waals surface area contributed by atoms with Crippen molar-refractivity contribution in [3.63, 3.8) is 0 Å². The number of hydrogen-bond acceptors (Lipinski definition) is 3. The number of halogens is 1. The Balaban J connectivity index is 2.14. The second kappa shape index (κ2) is 5.67. The van der Waals surface area contributed by atoms with E-state index in [0.29, 0.717) is 11.3 Å². The zero-order chi connectivity index (χ0) is 12.3. The molecule has 0 aliphatic heterocycles. The average molecular weight is 254 g/mol. The largest absolute Gasteiger partial charge is 0.357 e. The molecule has 0 aromatic carbocycles. The molecule has 0 bridgehead atoms. The molecule has 0 atom stereocenters. The van der Waals surface area contributed by atoms with Gasteiger partial charge in [0.25, 0.3) is 0 Å². The summed E-state index contributed by atoms with van der Waals surface area (Å²) in [7, 11) is 2.12. The standard InChI is InChI=1S/C13H20ClN3/c1-10-9-12(16-13(14)15-10)17(2)11-7-5-3-4-6-8-11/h9,11H,3-8H2,1-2H3. The lowest BCUT2D eigenvalue weighted by atomic mass is 10.1. The lowest BCUT2D eigenvalue weighted by Crippen LogP contribution is -2.31. The van der Waals surface area contributed by atoms with Crippen molar-refractivity contribution < 1.29 is 0 Å². The third kappa shape index (κ3) is 3.32. The van der Waals surface area contributed by atoms with Crippen molar-refractivity contribution in [3.8, 4) is 0 Å². The lowest BCUT2D eigenvalue weighted by Gasteiger charge is -2.28. The van der Waals surface area contributed by atoms with Crippen LogP contribution in [0.4, 0.5) is 5.82 Å². The van der Waals surface area contributed by atoms with E-state index in [4.69, 9.17) is 11.6 Å². The molecule has 2 rings (SSSR count). The molecule has 0 saturated heterocycles. The molecule has 1 fully saturated rings. The first-order valence-corrected chi connectivity index (χ1v) is 6.78. The maximum absolute atomic E-state index is 5.92. The van der Waals surface area contributed by atoms with Gasteiger partial charge in [-0.1, -0.05) is 25.7 Å². The molecule has 3 nitrogen and oxygen atoms in total. The molecule has 94 valence electrons. The number of rotatable bonds is 2. The van der Waals surface area contributed by atoms with Crippen molar-refractivity contribution >= 4 is 17.4 Å². The highest BCUT2D eigenvalue weighted by Gasteiger charge is 2.18. The summed E-state index contributed by atoms with van der Waals surface area (Å²) in [6.07, 6.45) is 7.91. The topological polar surface area (TPSA) is 29.0 Å². The summed E-state index contributed by atoms with van der Waals surface area (Å²) in [6.45, 7) is 1.96. The van der Waals surface area contributed by atoms with E-state index in [2.05, 4.69) is 21.9 Å². The maximum atomic E-state index is 5.92. The van der Waals surface area contributed by atoms with Crippen LogP contribution in [0.2, 0.25) is 5.28 Å². The second-order valence-electron chi connectivity index (χ2n) is 4.89. The van der Waals surface area contributed by atoms with Crippen LogP contribution < -0.4 is 4.90 Å². The fourth-order valence-corrected chi connectivity index (χ4v) is 2.75. The van der Waals surface area contributed by atoms with Gasteiger partial charge in [0.2, 0.25) is 5.28 Å². The van der Waals surface area contributed by atoms with E-state index >= 15 is 0 Å². The van der Waals surface area contributed by atoms with Gasteiger partial charge in [0.05, 0.1) is 0 Å². The zero-order valence-corrected chi connectivity index (χ0v) is 11.4. The van der Waals surface area contributed by atoms with Crippen molar-refractivity contribution in [1.29, 1.82) is 0 Å². The molecule has 0 radical (unpaired) electrons. The summed E-state index contributed by atoms with van der Waals surface area (Å²) in [5.74, 6) is 0.953. The molecule has 4 heteroatoms. The SMILES string of the molecule is Cc1cc(N(C)C2CCCCCC2)nc(Cl)n1. The molecule has 1 aromatic rings. The van der Waals surface area contributed by atoms with E-state index in [0.717, 1.165) is 11.5 Å². The summed E-state index contributed by atoms with van der Waals surface area (Å²) < 4.78 is 0. The van der Waals surface area contributed by atoms with Gasteiger partial charge in [0, 0.05) is 24.8 Å². The van der Waals surface area contributed by atoms with Gasteiger partial charge in [-0.25, -0.2) is 9.97 Å². The first-order valence-electron chi connectivity index (χ1n) is 6.41. The van der Waals surface area contributed by atoms with Crippen LogP contribution in [0, 0.1) is 6.92 Å². The highest BCUT2D eigenvalue weighted by molar-refractivity contribution is 6.28. The summed E-state index contributed by atoms with van der Waals surface area (Å²) >= 11 is 5.92. The molecule has 0 amide bonds. The van der Waals surface area contributed by atoms with E-state index in [9.17, 15) is 0 Å². The molecule has 1 saturated carbocycles. The van der Waals surface area contributed by atoms with Crippen molar-refractivity contribution in [3.05, 3.63) is 17.0 Å². The van der Waals surface area contributed by atoms with Crippen LogP contribution in [0.25, 0.3) is 0 Å². The number of aryl methyl sites for hydroxylation is 1. The van der Waals surface area contributed by atoms with Crippen molar-refractivity contribution in [1.82, 2.24) is 9.97 Å². The minimum absolute atomic E-state index is 0.348. The Labute approximate surface area is 108 Å². The monoisotopic (exact) mass is 253 g/mol. The van der Waals surface area contributed by atoms with Crippen LogP contribution in [-0.2, 0) is 0 Å². The van der Waals surface area contributed by atoms with E-state index in [1.165, 1.54) is 38.5 Å². The average Bonchev–Trinajstić information content (AvgIpc) is 2.55. The van der Waals surface area contributed by atoms with Crippen LogP contribution in [0.15, 0.2) is 6.07 Å². The molecular formula is C13H20ClN3. The van der Waals surface area contributed by atoms with Gasteiger partial charge in [-0.2, -0.15) is 0 Å². The highest BCUT2D eigenvalue weighted by atomic mass is 35.5. The predicted molar refractivity (Wildman–Crippen MR) is 71.7 cm³/mol. The van der Waals surface area contributed by atoms with E-state index < -0.39 is 0 Å². The molecule has 1 aliphatic carbocycles. The summed E-state index contributed by atoms with van der Waals surface area (Å²) in [5.41, 5.74) is 0.931. The fourth-order valence-electron chi connectivity index (χ4n) is 2.53. The molecule has 1 aromatic heterocycles.